The second-order valence-electron chi connectivity index (χ2n) is 4.93. The molecule has 0 aliphatic rings. The molecule has 0 radical (unpaired) electrons. The number of nitrogens with zero attached hydrogens (tertiary/aromatic N) is 2. The van der Waals surface area contributed by atoms with Gasteiger partial charge in [0.05, 0.1) is 9.48 Å². The summed E-state index contributed by atoms with van der Waals surface area (Å²) in [4.78, 5) is 8.22. The minimum Gasteiger partial charge on any atom is -0.347 e. The molecule has 2 heterocycles. The molecule has 20 heavy (non-hydrogen) atoms. The van der Waals surface area contributed by atoms with E-state index in [4.69, 9.17) is 10.7 Å². The van der Waals surface area contributed by atoms with Crippen molar-refractivity contribution in [1.29, 1.82) is 0 Å². The molecule has 0 aliphatic carbocycles. The third-order valence-electron chi connectivity index (χ3n) is 3.35. The van der Waals surface area contributed by atoms with E-state index in [1.807, 2.05) is 0 Å². The first-order valence-corrected chi connectivity index (χ1v) is 9.17. The van der Waals surface area contributed by atoms with Crippen LogP contribution in [-0.4, -0.2) is 12.0 Å². The maximum Gasteiger partial charge on any atom is 0.185 e. The summed E-state index contributed by atoms with van der Waals surface area (Å²) < 4.78 is 1.17. The molecule has 110 valence electrons. The lowest BCUT2D eigenvalue weighted by Crippen LogP contribution is -2.15. The van der Waals surface area contributed by atoms with Crippen molar-refractivity contribution < 1.29 is 0 Å². The molecule has 0 aromatic carbocycles. The number of thiazole rings is 1. The van der Waals surface area contributed by atoms with Crippen LogP contribution in [0.15, 0.2) is 15.2 Å². The van der Waals surface area contributed by atoms with Crippen molar-refractivity contribution in [2.45, 2.75) is 39.3 Å². The number of halogens is 1. The molecule has 3 nitrogen and oxygen atoms in total. The highest BCUT2D eigenvalue weighted by atomic mass is 79.9. The number of nitrogens with two attached hydrogens (primary N) is 1. The van der Waals surface area contributed by atoms with E-state index in [2.05, 4.69) is 53.2 Å². The van der Waals surface area contributed by atoms with E-state index in [9.17, 15) is 0 Å². The Morgan fingerprint density at radius 2 is 2.25 bits per heavy atom. The van der Waals surface area contributed by atoms with Crippen molar-refractivity contribution >= 4 is 43.7 Å². The lowest BCUT2D eigenvalue weighted by atomic mass is 10.0. The van der Waals surface area contributed by atoms with Crippen LogP contribution in [0.2, 0.25) is 0 Å². The van der Waals surface area contributed by atoms with Gasteiger partial charge in [0.15, 0.2) is 5.13 Å². The molecular weight excluding hydrogens is 354 g/mol. The molecule has 0 amide bonds. The van der Waals surface area contributed by atoms with Gasteiger partial charge in [-0.1, -0.05) is 13.8 Å². The molecule has 2 aromatic heterocycles. The van der Waals surface area contributed by atoms with Crippen molar-refractivity contribution in [2.24, 2.45) is 5.73 Å². The number of anilines is 1. The third kappa shape index (κ3) is 3.61. The van der Waals surface area contributed by atoms with Crippen LogP contribution >= 0.6 is 38.6 Å². The zero-order valence-corrected chi connectivity index (χ0v) is 15.2. The second kappa shape index (κ2) is 7.02. The summed E-state index contributed by atoms with van der Waals surface area (Å²) in [5.41, 5.74) is 8.34. The lowest BCUT2D eigenvalue weighted by molar-refractivity contribution is 0.702. The maximum atomic E-state index is 5.86. The van der Waals surface area contributed by atoms with Gasteiger partial charge in [-0.05, 0) is 45.3 Å². The zero-order chi connectivity index (χ0) is 14.7. The van der Waals surface area contributed by atoms with Crippen LogP contribution in [0.4, 0.5) is 5.13 Å². The Morgan fingerprint density at radius 1 is 1.50 bits per heavy atom. The van der Waals surface area contributed by atoms with Gasteiger partial charge in [-0.25, -0.2) is 4.98 Å². The van der Waals surface area contributed by atoms with Crippen LogP contribution in [-0.2, 0) is 13.1 Å². The van der Waals surface area contributed by atoms with Gasteiger partial charge in [0.1, 0.15) is 0 Å². The number of hydrogen-bond acceptors (Lipinski definition) is 5. The molecule has 0 saturated heterocycles. The Bertz CT molecular complexity index is 565. The summed E-state index contributed by atoms with van der Waals surface area (Å²) in [6, 6.07) is 2.16. The Kier molecular flexibility index (Phi) is 5.60. The highest BCUT2D eigenvalue weighted by Gasteiger charge is 2.17. The summed E-state index contributed by atoms with van der Waals surface area (Å²) in [6.45, 7) is 5.86. The van der Waals surface area contributed by atoms with E-state index in [-0.39, 0.29) is 0 Å². The Balaban J connectivity index is 2.17. The molecular formula is C14H20BrN3S2. The second-order valence-corrected chi connectivity index (χ2v) is 8.29. The van der Waals surface area contributed by atoms with Gasteiger partial charge in [-0.3, -0.25) is 0 Å². The first-order valence-electron chi connectivity index (χ1n) is 6.68. The van der Waals surface area contributed by atoms with E-state index >= 15 is 0 Å². The van der Waals surface area contributed by atoms with Gasteiger partial charge in [-0.15, -0.1) is 22.7 Å². The third-order valence-corrected chi connectivity index (χ3v) is 6.11. The average molecular weight is 374 g/mol. The smallest absolute Gasteiger partial charge is 0.185 e. The van der Waals surface area contributed by atoms with Crippen LogP contribution < -0.4 is 10.6 Å². The molecule has 0 bridgehead atoms. The van der Waals surface area contributed by atoms with Gasteiger partial charge < -0.3 is 10.6 Å². The Labute approximate surface area is 137 Å². The monoisotopic (exact) mass is 373 g/mol. The molecule has 0 spiro atoms. The molecule has 6 heteroatoms. The molecule has 2 rings (SSSR count). The van der Waals surface area contributed by atoms with E-state index in [0.717, 1.165) is 18.1 Å². The van der Waals surface area contributed by atoms with E-state index < -0.39 is 0 Å². The topological polar surface area (TPSA) is 42.2 Å². The van der Waals surface area contributed by atoms with Crippen LogP contribution in [0.1, 0.15) is 42.3 Å². The summed E-state index contributed by atoms with van der Waals surface area (Å²) >= 11 is 6.94. The van der Waals surface area contributed by atoms with Crippen LogP contribution in [0.5, 0.6) is 0 Å². The quantitative estimate of drug-likeness (QED) is 0.805. The molecule has 1 atom stereocenters. The van der Waals surface area contributed by atoms with E-state index in [1.165, 1.54) is 19.9 Å². The minimum atomic E-state index is 0.474. The van der Waals surface area contributed by atoms with Gasteiger partial charge in [0.2, 0.25) is 0 Å². The fourth-order valence-electron chi connectivity index (χ4n) is 2.01. The van der Waals surface area contributed by atoms with Gasteiger partial charge in [-0.2, -0.15) is 0 Å². The van der Waals surface area contributed by atoms with E-state index in [0.29, 0.717) is 12.5 Å². The molecule has 2 N–H and O–H groups in total. The van der Waals surface area contributed by atoms with Crippen molar-refractivity contribution in [3.05, 3.63) is 31.4 Å². The van der Waals surface area contributed by atoms with E-state index in [1.54, 1.807) is 22.7 Å². The fourth-order valence-corrected chi connectivity index (χ4v) is 4.23. The Morgan fingerprint density at radius 3 is 2.80 bits per heavy atom. The normalized spacial score (nSPS) is 12.7. The lowest BCUT2D eigenvalue weighted by Gasteiger charge is -2.14. The minimum absolute atomic E-state index is 0.474. The fraction of sp³-hybridized carbons (Fsp3) is 0.500. The predicted molar refractivity (Wildman–Crippen MR) is 92.8 cm³/mol. The Hall–Kier alpha value is -0.430. The highest BCUT2D eigenvalue weighted by Crippen LogP contribution is 2.32. The summed E-state index contributed by atoms with van der Waals surface area (Å²) in [5.74, 6) is 0.474. The number of hydrogen-bond donors (Lipinski definition) is 1. The number of aromatic nitrogens is 1. The molecule has 0 fully saturated rings. The molecule has 1 unspecified atom stereocenters. The van der Waals surface area contributed by atoms with Crippen LogP contribution in [0.3, 0.4) is 0 Å². The zero-order valence-electron chi connectivity index (χ0n) is 12.0. The first kappa shape index (κ1) is 15.9. The average Bonchev–Trinajstić information content (AvgIpc) is 3.04. The summed E-state index contributed by atoms with van der Waals surface area (Å²) in [6.07, 6.45) is 1.09. The first-order chi connectivity index (χ1) is 9.55. The van der Waals surface area contributed by atoms with Crippen LogP contribution in [0, 0.1) is 0 Å². The number of rotatable bonds is 6. The van der Waals surface area contributed by atoms with Gasteiger partial charge in [0.25, 0.3) is 0 Å². The maximum absolute atomic E-state index is 5.86. The van der Waals surface area contributed by atoms with Crippen molar-refractivity contribution in [2.75, 3.05) is 11.9 Å². The standard InChI is InChI=1S/C14H20BrN3S2/c1-4-9(2)13-11(6-16)20-14(17-13)18(3)7-10-5-12(15)19-8-10/h5,8-9H,4,6-7,16H2,1-3H3. The molecule has 0 aliphatic heterocycles. The van der Waals surface area contributed by atoms with Gasteiger partial charge in [0, 0.05) is 25.0 Å². The van der Waals surface area contributed by atoms with Crippen molar-refractivity contribution in [3.8, 4) is 0 Å². The highest BCUT2D eigenvalue weighted by molar-refractivity contribution is 9.11. The van der Waals surface area contributed by atoms with Crippen LogP contribution in [0.25, 0.3) is 0 Å². The summed E-state index contributed by atoms with van der Waals surface area (Å²) in [7, 11) is 2.09. The summed E-state index contributed by atoms with van der Waals surface area (Å²) in [5, 5.41) is 3.23. The van der Waals surface area contributed by atoms with Crippen molar-refractivity contribution in [3.63, 3.8) is 0 Å². The molecule has 2 aromatic rings. The predicted octanol–water partition coefficient (Wildman–Crippen LogP) is 4.58. The van der Waals surface area contributed by atoms with Crippen molar-refractivity contribution in [1.82, 2.24) is 4.98 Å². The number of thiophene rings is 1. The SMILES string of the molecule is CCC(C)c1nc(N(C)Cc2csc(Br)c2)sc1CN. The molecule has 0 saturated carbocycles. The van der Waals surface area contributed by atoms with Gasteiger partial charge >= 0.3 is 0 Å². The largest absolute Gasteiger partial charge is 0.347 e.